The van der Waals surface area contributed by atoms with Crippen LogP contribution in [-0.4, -0.2) is 41.0 Å². The van der Waals surface area contributed by atoms with Crippen LogP contribution in [0, 0.1) is 0 Å². The van der Waals surface area contributed by atoms with Crippen molar-refractivity contribution in [2.24, 2.45) is 0 Å². The largest absolute Gasteiger partial charge is 0.331 e. The molecule has 1 amide bonds. The average Bonchev–Trinajstić information content (AvgIpc) is 2.39. The number of carbonyl (C=O) groups is 1. The molecule has 17 heavy (non-hydrogen) atoms. The molecule has 1 aromatic rings. The Morgan fingerprint density at radius 2 is 2.41 bits per heavy atom. The van der Waals surface area contributed by atoms with Gasteiger partial charge < -0.3 is 10.2 Å². The van der Waals surface area contributed by atoms with E-state index in [1.165, 1.54) is 0 Å². The highest BCUT2D eigenvalue weighted by Crippen LogP contribution is 2.37. The fourth-order valence-electron chi connectivity index (χ4n) is 2.90. The van der Waals surface area contributed by atoms with Crippen LogP contribution in [-0.2, 0) is 0 Å². The third kappa shape index (κ3) is 1.72. The van der Waals surface area contributed by atoms with Gasteiger partial charge in [-0.15, -0.1) is 0 Å². The third-order valence-electron chi connectivity index (χ3n) is 3.98. The molecule has 3 rings (SSSR count). The van der Waals surface area contributed by atoms with E-state index in [2.05, 4.69) is 10.3 Å². The van der Waals surface area contributed by atoms with Crippen molar-refractivity contribution in [2.75, 3.05) is 19.6 Å². The Bertz CT molecular complexity index is 412. The molecule has 2 fully saturated rings. The van der Waals surface area contributed by atoms with Crippen molar-refractivity contribution in [2.45, 2.75) is 24.8 Å². The molecular formula is C13H17N3O. The molecule has 2 saturated heterocycles. The third-order valence-corrected chi connectivity index (χ3v) is 3.98. The molecule has 90 valence electrons. The SMILES string of the molecule is O=C(c1cccnc1)N1CCC12CCCNC2. The van der Waals surface area contributed by atoms with E-state index >= 15 is 0 Å². The summed E-state index contributed by atoms with van der Waals surface area (Å²) in [5.41, 5.74) is 0.794. The van der Waals surface area contributed by atoms with Crippen molar-refractivity contribution < 1.29 is 4.79 Å². The smallest absolute Gasteiger partial charge is 0.255 e. The summed E-state index contributed by atoms with van der Waals surface area (Å²) in [5.74, 6) is 0.132. The highest BCUT2D eigenvalue weighted by Gasteiger charge is 2.47. The highest BCUT2D eigenvalue weighted by atomic mass is 16.2. The Hall–Kier alpha value is -1.42. The van der Waals surface area contributed by atoms with Gasteiger partial charge in [0.05, 0.1) is 11.1 Å². The van der Waals surface area contributed by atoms with Gasteiger partial charge in [-0.1, -0.05) is 0 Å². The number of nitrogens with one attached hydrogen (secondary N) is 1. The lowest BCUT2D eigenvalue weighted by atomic mass is 9.78. The predicted molar refractivity (Wildman–Crippen MR) is 64.7 cm³/mol. The van der Waals surface area contributed by atoms with Crippen LogP contribution in [0.2, 0.25) is 0 Å². The number of carbonyl (C=O) groups excluding carboxylic acids is 1. The van der Waals surface area contributed by atoms with Gasteiger partial charge in [0.1, 0.15) is 0 Å². The Balaban J connectivity index is 1.79. The van der Waals surface area contributed by atoms with Gasteiger partial charge in [0.2, 0.25) is 0 Å². The molecule has 4 heteroatoms. The number of rotatable bonds is 1. The highest BCUT2D eigenvalue weighted by molar-refractivity contribution is 5.95. The maximum absolute atomic E-state index is 12.4. The zero-order valence-electron chi connectivity index (χ0n) is 9.85. The summed E-state index contributed by atoms with van der Waals surface area (Å²) in [7, 11) is 0. The summed E-state index contributed by atoms with van der Waals surface area (Å²) in [5, 5.41) is 3.40. The monoisotopic (exact) mass is 231 g/mol. The van der Waals surface area contributed by atoms with E-state index < -0.39 is 0 Å². The topological polar surface area (TPSA) is 45.2 Å². The molecule has 1 aromatic heterocycles. The van der Waals surface area contributed by atoms with Crippen LogP contribution >= 0.6 is 0 Å². The minimum absolute atomic E-state index is 0.0885. The van der Waals surface area contributed by atoms with Crippen molar-refractivity contribution in [1.29, 1.82) is 0 Å². The number of pyridine rings is 1. The van der Waals surface area contributed by atoms with E-state index in [0.717, 1.165) is 38.9 Å². The van der Waals surface area contributed by atoms with E-state index in [0.29, 0.717) is 5.56 Å². The second kappa shape index (κ2) is 4.11. The van der Waals surface area contributed by atoms with Crippen LogP contribution in [0.4, 0.5) is 0 Å². The number of nitrogens with zero attached hydrogens (tertiary/aromatic N) is 2. The molecule has 0 bridgehead atoms. The van der Waals surface area contributed by atoms with Gasteiger partial charge in [0.15, 0.2) is 0 Å². The lowest BCUT2D eigenvalue weighted by Crippen LogP contribution is -2.67. The first-order valence-corrected chi connectivity index (χ1v) is 6.25. The van der Waals surface area contributed by atoms with Gasteiger partial charge in [-0.2, -0.15) is 0 Å². The summed E-state index contributed by atoms with van der Waals surface area (Å²) in [6.07, 6.45) is 6.78. The predicted octanol–water partition coefficient (Wildman–Crippen LogP) is 1.05. The maximum atomic E-state index is 12.4. The Labute approximate surface area is 101 Å². The second-order valence-corrected chi connectivity index (χ2v) is 4.95. The summed E-state index contributed by atoms with van der Waals surface area (Å²) >= 11 is 0. The lowest BCUT2D eigenvalue weighted by Gasteiger charge is -2.55. The summed E-state index contributed by atoms with van der Waals surface area (Å²) < 4.78 is 0. The first kappa shape index (κ1) is 10.7. The van der Waals surface area contributed by atoms with E-state index in [9.17, 15) is 4.79 Å². The summed E-state index contributed by atoms with van der Waals surface area (Å²) in [6.45, 7) is 2.91. The standard InChI is InChI=1S/C13H17N3O/c17-12(11-3-1-6-14-9-11)16-8-5-13(16)4-2-7-15-10-13/h1,3,6,9,15H,2,4-5,7-8,10H2. The first-order valence-electron chi connectivity index (χ1n) is 6.25. The number of aromatic nitrogens is 1. The van der Waals surface area contributed by atoms with Gasteiger partial charge in [-0.25, -0.2) is 0 Å². The van der Waals surface area contributed by atoms with Crippen LogP contribution in [0.25, 0.3) is 0 Å². The van der Waals surface area contributed by atoms with Crippen LogP contribution < -0.4 is 5.32 Å². The van der Waals surface area contributed by atoms with Gasteiger partial charge in [-0.3, -0.25) is 9.78 Å². The molecule has 0 saturated carbocycles. The Morgan fingerprint density at radius 1 is 1.47 bits per heavy atom. The molecule has 0 aromatic carbocycles. The molecule has 1 atom stereocenters. The van der Waals surface area contributed by atoms with Gasteiger partial charge in [0, 0.05) is 25.5 Å². The average molecular weight is 231 g/mol. The first-order chi connectivity index (χ1) is 8.32. The zero-order valence-corrected chi connectivity index (χ0v) is 9.85. The van der Waals surface area contributed by atoms with Crippen molar-refractivity contribution in [3.05, 3.63) is 30.1 Å². The summed E-state index contributed by atoms with van der Waals surface area (Å²) in [6, 6.07) is 3.66. The van der Waals surface area contributed by atoms with Gasteiger partial charge >= 0.3 is 0 Å². The Morgan fingerprint density at radius 3 is 3.00 bits per heavy atom. The maximum Gasteiger partial charge on any atom is 0.255 e. The second-order valence-electron chi connectivity index (χ2n) is 4.95. The van der Waals surface area contributed by atoms with Gasteiger partial charge in [0.25, 0.3) is 5.91 Å². The Kier molecular flexibility index (Phi) is 2.59. The lowest BCUT2D eigenvalue weighted by molar-refractivity contribution is -0.0155. The van der Waals surface area contributed by atoms with Gasteiger partial charge in [-0.05, 0) is 37.9 Å². The molecular weight excluding hydrogens is 214 g/mol. The molecule has 3 heterocycles. The minimum Gasteiger partial charge on any atom is -0.331 e. The molecule has 0 aliphatic carbocycles. The zero-order chi connectivity index (χ0) is 11.7. The molecule has 2 aliphatic heterocycles. The van der Waals surface area contributed by atoms with E-state index in [1.54, 1.807) is 12.4 Å². The minimum atomic E-state index is 0.0885. The van der Waals surface area contributed by atoms with E-state index in [4.69, 9.17) is 0 Å². The summed E-state index contributed by atoms with van der Waals surface area (Å²) in [4.78, 5) is 18.4. The van der Waals surface area contributed by atoms with Crippen LogP contribution in [0.5, 0.6) is 0 Å². The van der Waals surface area contributed by atoms with E-state index in [-0.39, 0.29) is 11.4 Å². The number of hydrogen-bond acceptors (Lipinski definition) is 3. The van der Waals surface area contributed by atoms with Crippen molar-refractivity contribution in [1.82, 2.24) is 15.2 Å². The molecule has 1 unspecified atom stereocenters. The number of piperidine rings is 1. The fourth-order valence-corrected chi connectivity index (χ4v) is 2.90. The molecule has 1 N–H and O–H groups in total. The molecule has 2 aliphatic rings. The van der Waals surface area contributed by atoms with Crippen LogP contribution in [0.15, 0.2) is 24.5 Å². The number of hydrogen-bond donors (Lipinski definition) is 1. The van der Waals surface area contributed by atoms with E-state index in [1.807, 2.05) is 17.0 Å². The van der Waals surface area contributed by atoms with Crippen molar-refractivity contribution >= 4 is 5.91 Å². The van der Waals surface area contributed by atoms with Crippen LogP contribution in [0.1, 0.15) is 29.6 Å². The molecule has 4 nitrogen and oxygen atoms in total. The molecule has 0 radical (unpaired) electrons. The molecule has 1 spiro atoms. The quantitative estimate of drug-likeness (QED) is 0.785. The fraction of sp³-hybridized carbons (Fsp3) is 0.538. The number of amides is 1. The number of likely N-dealkylation sites (tertiary alicyclic amines) is 1. The van der Waals surface area contributed by atoms with Crippen molar-refractivity contribution in [3.63, 3.8) is 0 Å². The normalized spacial score (nSPS) is 27.9. The van der Waals surface area contributed by atoms with Crippen molar-refractivity contribution in [3.8, 4) is 0 Å². The van der Waals surface area contributed by atoms with Crippen LogP contribution in [0.3, 0.4) is 0 Å².